The van der Waals surface area contributed by atoms with Crippen LogP contribution in [0.15, 0.2) is 48.5 Å². The number of anilines is 2. The maximum absolute atomic E-state index is 6.30. The van der Waals surface area contributed by atoms with Crippen molar-refractivity contribution in [1.29, 1.82) is 0 Å². The third kappa shape index (κ3) is 2.10. The van der Waals surface area contributed by atoms with Gasteiger partial charge in [0.1, 0.15) is 0 Å². The van der Waals surface area contributed by atoms with Crippen LogP contribution in [-0.2, 0) is 6.42 Å². The Bertz CT molecular complexity index is 606. The fourth-order valence-electron chi connectivity index (χ4n) is 3.17. The lowest BCUT2D eigenvalue weighted by molar-refractivity contribution is 0.687. The number of para-hydroxylation sites is 2. The van der Waals surface area contributed by atoms with Gasteiger partial charge in [-0.2, -0.15) is 0 Å². The SMILES string of the molecule is CCC(N)c1ccccc1N1c2ccccc2CC1C. The first kappa shape index (κ1) is 13.2. The highest BCUT2D eigenvalue weighted by atomic mass is 15.2. The number of hydrogen-bond donors (Lipinski definition) is 1. The van der Waals surface area contributed by atoms with Crippen molar-refractivity contribution >= 4 is 11.4 Å². The minimum absolute atomic E-state index is 0.103. The third-order valence-electron chi connectivity index (χ3n) is 4.24. The number of fused-ring (bicyclic) bond motifs is 1. The van der Waals surface area contributed by atoms with E-state index in [4.69, 9.17) is 5.73 Å². The summed E-state index contributed by atoms with van der Waals surface area (Å²) >= 11 is 0. The highest BCUT2D eigenvalue weighted by Crippen LogP contribution is 2.40. The summed E-state index contributed by atoms with van der Waals surface area (Å²) in [6.45, 7) is 4.43. The van der Waals surface area contributed by atoms with Gasteiger partial charge in [0.2, 0.25) is 0 Å². The molecule has 0 bridgehead atoms. The molecule has 2 unspecified atom stereocenters. The lowest BCUT2D eigenvalue weighted by Gasteiger charge is -2.29. The zero-order valence-corrected chi connectivity index (χ0v) is 12.2. The Morgan fingerprint density at radius 1 is 1.10 bits per heavy atom. The summed E-state index contributed by atoms with van der Waals surface area (Å²) in [5.41, 5.74) is 11.6. The third-order valence-corrected chi connectivity index (χ3v) is 4.24. The zero-order valence-electron chi connectivity index (χ0n) is 12.2. The second kappa shape index (κ2) is 5.29. The quantitative estimate of drug-likeness (QED) is 0.903. The van der Waals surface area contributed by atoms with Gasteiger partial charge in [-0.3, -0.25) is 0 Å². The summed E-state index contributed by atoms with van der Waals surface area (Å²) < 4.78 is 0. The Labute approximate surface area is 121 Å². The second-order valence-corrected chi connectivity index (χ2v) is 5.63. The molecule has 1 aliphatic heterocycles. The molecule has 0 amide bonds. The standard InChI is InChI=1S/C18H22N2/c1-3-16(19)15-9-5-7-11-18(15)20-13(2)12-14-8-4-6-10-17(14)20/h4-11,13,16H,3,12,19H2,1-2H3. The Kier molecular flexibility index (Phi) is 3.49. The molecule has 2 nitrogen and oxygen atoms in total. The number of benzene rings is 2. The summed E-state index contributed by atoms with van der Waals surface area (Å²) in [5.74, 6) is 0. The minimum Gasteiger partial charge on any atom is -0.338 e. The van der Waals surface area contributed by atoms with Crippen molar-refractivity contribution in [3.8, 4) is 0 Å². The number of nitrogens with two attached hydrogens (primary N) is 1. The van der Waals surface area contributed by atoms with Gasteiger partial charge >= 0.3 is 0 Å². The molecule has 0 spiro atoms. The highest BCUT2D eigenvalue weighted by Gasteiger charge is 2.28. The van der Waals surface area contributed by atoms with Crippen molar-refractivity contribution in [2.45, 2.75) is 38.8 Å². The van der Waals surface area contributed by atoms with Crippen LogP contribution < -0.4 is 10.6 Å². The van der Waals surface area contributed by atoms with Crippen LogP contribution in [-0.4, -0.2) is 6.04 Å². The lowest BCUT2D eigenvalue weighted by Crippen LogP contribution is -2.26. The van der Waals surface area contributed by atoms with Crippen molar-refractivity contribution in [3.63, 3.8) is 0 Å². The molecular weight excluding hydrogens is 244 g/mol. The van der Waals surface area contributed by atoms with Gasteiger partial charge in [-0.1, -0.05) is 43.3 Å². The molecule has 0 saturated carbocycles. The molecule has 2 aromatic carbocycles. The van der Waals surface area contributed by atoms with Crippen LogP contribution in [0.5, 0.6) is 0 Å². The molecule has 2 atom stereocenters. The van der Waals surface area contributed by atoms with Crippen molar-refractivity contribution in [2.24, 2.45) is 5.73 Å². The molecule has 0 aromatic heterocycles. The number of nitrogens with zero attached hydrogens (tertiary/aromatic N) is 1. The fourth-order valence-corrected chi connectivity index (χ4v) is 3.17. The maximum atomic E-state index is 6.30. The van der Waals surface area contributed by atoms with Gasteiger partial charge in [0, 0.05) is 23.5 Å². The van der Waals surface area contributed by atoms with Gasteiger partial charge in [-0.05, 0) is 43.0 Å². The van der Waals surface area contributed by atoms with Gasteiger partial charge in [-0.25, -0.2) is 0 Å². The minimum atomic E-state index is 0.103. The largest absolute Gasteiger partial charge is 0.338 e. The first-order valence-electron chi connectivity index (χ1n) is 7.44. The first-order valence-corrected chi connectivity index (χ1v) is 7.44. The summed E-state index contributed by atoms with van der Waals surface area (Å²) in [6.07, 6.45) is 2.06. The molecule has 3 rings (SSSR count). The van der Waals surface area contributed by atoms with Gasteiger partial charge in [0.15, 0.2) is 0 Å². The van der Waals surface area contributed by atoms with Crippen LogP contribution in [0.2, 0.25) is 0 Å². The first-order chi connectivity index (χ1) is 9.72. The van der Waals surface area contributed by atoms with Crippen LogP contribution in [0.4, 0.5) is 11.4 Å². The molecule has 2 aromatic rings. The van der Waals surface area contributed by atoms with E-state index >= 15 is 0 Å². The van der Waals surface area contributed by atoms with Crippen LogP contribution in [0, 0.1) is 0 Å². The van der Waals surface area contributed by atoms with E-state index in [0.29, 0.717) is 6.04 Å². The molecule has 0 aliphatic carbocycles. The highest BCUT2D eigenvalue weighted by molar-refractivity contribution is 5.73. The monoisotopic (exact) mass is 266 g/mol. The molecule has 0 radical (unpaired) electrons. The Morgan fingerprint density at radius 3 is 2.50 bits per heavy atom. The summed E-state index contributed by atoms with van der Waals surface area (Å²) in [7, 11) is 0. The normalized spacial score (nSPS) is 18.9. The van der Waals surface area contributed by atoms with Gasteiger partial charge in [0.05, 0.1) is 0 Å². The van der Waals surface area contributed by atoms with E-state index in [2.05, 4.69) is 67.3 Å². The predicted molar refractivity (Wildman–Crippen MR) is 85.4 cm³/mol. The van der Waals surface area contributed by atoms with Crippen molar-refractivity contribution in [3.05, 3.63) is 59.7 Å². The second-order valence-electron chi connectivity index (χ2n) is 5.63. The maximum Gasteiger partial charge on any atom is 0.0461 e. The zero-order chi connectivity index (χ0) is 14.1. The van der Waals surface area contributed by atoms with E-state index in [-0.39, 0.29) is 6.04 Å². The van der Waals surface area contributed by atoms with Crippen molar-refractivity contribution in [2.75, 3.05) is 4.90 Å². The van der Waals surface area contributed by atoms with Gasteiger partial charge in [0.25, 0.3) is 0 Å². The number of hydrogen-bond acceptors (Lipinski definition) is 2. The Hall–Kier alpha value is -1.80. The molecule has 0 saturated heterocycles. The number of rotatable bonds is 3. The summed E-state index contributed by atoms with van der Waals surface area (Å²) in [6, 6.07) is 17.8. The van der Waals surface area contributed by atoms with E-state index in [0.717, 1.165) is 12.8 Å². The molecule has 20 heavy (non-hydrogen) atoms. The van der Waals surface area contributed by atoms with Gasteiger partial charge < -0.3 is 10.6 Å². The molecular formula is C18H22N2. The van der Waals surface area contributed by atoms with Crippen LogP contribution in [0.25, 0.3) is 0 Å². The molecule has 2 heteroatoms. The van der Waals surface area contributed by atoms with E-state index in [9.17, 15) is 0 Å². The topological polar surface area (TPSA) is 29.3 Å². The molecule has 1 heterocycles. The van der Waals surface area contributed by atoms with Gasteiger partial charge in [-0.15, -0.1) is 0 Å². The molecule has 1 aliphatic rings. The lowest BCUT2D eigenvalue weighted by atomic mass is 10.0. The van der Waals surface area contributed by atoms with E-state index in [1.165, 1.54) is 22.5 Å². The molecule has 104 valence electrons. The fraction of sp³-hybridized carbons (Fsp3) is 0.333. The van der Waals surface area contributed by atoms with Crippen molar-refractivity contribution in [1.82, 2.24) is 0 Å². The molecule has 0 fully saturated rings. The Balaban J connectivity index is 2.10. The summed E-state index contributed by atoms with van der Waals surface area (Å²) in [5, 5.41) is 0. The summed E-state index contributed by atoms with van der Waals surface area (Å²) in [4.78, 5) is 2.44. The predicted octanol–water partition coefficient (Wildman–Crippen LogP) is 4.18. The van der Waals surface area contributed by atoms with Crippen LogP contribution in [0.3, 0.4) is 0 Å². The van der Waals surface area contributed by atoms with Crippen molar-refractivity contribution < 1.29 is 0 Å². The van der Waals surface area contributed by atoms with Crippen LogP contribution >= 0.6 is 0 Å². The average molecular weight is 266 g/mol. The van der Waals surface area contributed by atoms with E-state index in [1.807, 2.05) is 0 Å². The Morgan fingerprint density at radius 2 is 1.75 bits per heavy atom. The smallest absolute Gasteiger partial charge is 0.0461 e. The van der Waals surface area contributed by atoms with Crippen LogP contribution in [0.1, 0.15) is 37.4 Å². The average Bonchev–Trinajstić information content (AvgIpc) is 2.82. The molecule has 2 N–H and O–H groups in total. The van der Waals surface area contributed by atoms with E-state index < -0.39 is 0 Å². The van der Waals surface area contributed by atoms with E-state index in [1.54, 1.807) is 0 Å².